The topological polar surface area (TPSA) is 61.3 Å². The van der Waals surface area contributed by atoms with Crippen LogP contribution in [0.2, 0.25) is 0 Å². The summed E-state index contributed by atoms with van der Waals surface area (Å²) in [5, 5.41) is 22.6. The number of halogens is 3. The maximum atomic E-state index is 13.0. The van der Waals surface area contributed by atoms with E-state index < -0.39 is 17.5 Å². The molecule has 0 amide bonds. The van der Waals surface area contributed by atoms with E-state index in [2.05, 4.69) is 27.3 Å². The number of hydrogen-bond donors (Lipinski definition) is 2. The molecule has 1 fully saturated rings. The van der Waals surface area contributed by atoms with Crippen molar-refractivity contribution in [3.05, 3.63) is 34.9 Å². The number of phenols is 1. The highest BCUT2D eigenvalue weighted by atomic mass is 19.4. The van der Waals surface area contributed by atoms with Gasteiger partial charge in [0.1, 0.15) is 11.4 Å². The van der Waals surface area contributed by atoms with Crippen LogP contribution in [0.4, 0.5) is 19.0 Å². The molecule has 0 radical (unpaired) electrons. The predicted octanol–water partition coefficient (Wildman–Crippen LogP) is 4.64. The lowest BCUT2D eigenvalue weighted by atomic mass is 9.88. The first-order valence-corrected chi connectivity index (χ1v) is 10.6. The summed E-state index contributed by atoms with van der Waals surface area (Å²) in [6, 6.07) is 3.35. The summed E-state index contributed by atoms with van der Waals surface area (Å²) in [4.78, 5) is 2.41. The Balaban J connectivity index is 1.67. The molecule has 2 aromatic rings. The van der Waals surface area contributed by atoms with Gasteiger partial charge in [-0.25, -0.2) is 0 Å². The highest BCUT2D eigenvalue weighted by Crippen LogP contribution is 2.39. The zero-order valence-electron chi connectivity index (χ0n) is 17.1. The predicted molar refractivity (Wildman–Crippen MR) is 110 cm³/mol. The molecule has 162 valence electrons. The van der Waals surface area contributed by atoms with Crippen LogP contribution in [-0.4, -0.2) is 45.9 Å². The monoisotopic (exact) mass is 420 g/mol. The van der Waals surface area contributed by atoms with Crippen molar-refractivity contribution in [3.63, 3.8) is 0 Å². The van der Waals surface area contributed by atoms with E-state index in [-0.39, 0.29) is 0 Å². The molecule has 1 atom stereocenters. The number of nitrogens with one attached hydrogen (secondary N) is 1. The minimum absolute atomic E-state index is 0.301. The highest BCUT2D eigenvalue weighted by Gasteiger charge is 2.32. The Hall–Kier alpha value is -2.35. The number of anilines is 1. The molecule has 30 heavy (non-hydrogen) atoms. The van der Waals surface area contributed by atoms with Gasteiger partial charge in [-0.3, -0.25) is 0 Å². The molecule has 8 heteroatoms. The lowest BCUT2D eigenvalue weighted by Gasteiger charge is -2.33. The number of hydrogen-bond acceptors (Lipinski definition) is 5. The number of aromatic hydroxyl groups is 1. The van der Waals surface area contributed by atoms with Crippen LogP contribution in [0.1, 0.15) is 49.3 Å². The molecule has 5 nitrogen and oxygen atoms in total. The number of likely N-dealkylation sites (N-methyl/N-ethyl adjacent to an activating group) is 1. The third-order valence-electron chi connectivity index (χ3n) is 6.16. The fraction of sp³-hybridized carbons (Fsp3) is 0.545. The number of aromatic nitrogens is 2. The molecule has 2 heterocycles. The maximum Gasteiger partial charge on any atom is 0.416 e. The van der Waals surface area contributed by atoms with Gasteiger partial charge >= 0.3 is 6.18 Å². The number of likely N-dealkylation sites (tertiary alicyclic amines) is 1. The summed E-state index contributed by atoms with van der Waals surface area (Å²) >= 11 is 0. The van der Waals surface area contributed by atoms with Gasteiger partial charge in [0.2, 0.25) is 0 Å². The van der Waals surface area contributed by atoms with Crippen LogP contribution < -0.4 is 5.32 Å². The Bertz CT molecular complexity index is 916. The Kier molecular flexibility index (Phi) is 5.86. The minimum atomic E-state index is -4.50. The highest BCUT2D eigenvalue weighted by molar-refractivity contribution is 5.73. The van der Waals surface area contributed by atoms with Crippen LogP contribution in [0.3, 0.4) is 0 Å². The molecule has 1 saturated heterocycles. The van der Waals surface area contributed by atoms with Crippen molar-refractivity contribution in [2.24, 2.45) is 0 Å². The van der Waals surface area contributed by atoms with Gasteiger partial charge in [-0.05, 0) is 75.4 Å². The Labute approximate surface area is 174 Å². The summed E-state index contributed by atoms with van der Waals surface area (Å²) in [5.74, 6) is 0.362. The molecule has 2 aliphatic rings. The Morgan fingerprint density at radius 1 is 1.13 bits per heavy atom. The van der Waals surface area contributed by atoms with Gasteiger partial charge in [-0.2, -0.15) is 13.2 Å². The van der Waals surface area contributed by atoms with Crippen molar-refractivity contribution < 1.29 is 18.3 Å². The molecule has 4 rings (SSSR count). The van der Waals surface area contributed by atoms with Crippen LogP contribution in [0.25, 0.3) is 11.3 Å². The van der Waals surface area contributed by atoms with E-state index in [9.17, 15) is 18.3 Å². The summed E-state index contributed by atoms with van der Waals surface area (Å²) in [7, 11) is 0. The fourth-order valence-electron chi connectivity index (χ4n) is 4.54. The summed E-state index contributed by atoms with van der Waals surface area (Å²) in [6.07, 6.45) is 1.37. The van der Waals surface area contributed by atoms with Gasteiger partial charge in [-0.15, -0.1) is 10.2 Å². The molecule has 0 bridgehead atoms. The van der Waals surface area contributed by atoms with Gasteiger partial charge in [0.25, 0.3) is 0 Å². The summed E-state index contributed by atoms with van der Waals surface area (Å²) in [6.45, 7) is 5.27. The first kappa shape index (κ1) is 20.9. The summed E-state index contributed by atoms with van der Waals surface area (Å²) in [5.41, 5.74) is 1.98. The first-order chi connectivity index (χ1) is 14.4. The zero-order chi connectivity index (χ0) is 21.3. The molecule has 0 unspecified atom stereocenters. The van der Waals surface area contributed by atoms with E-state index >= 15 is 0 Å². The molecule has 1 aromatic carbocycles. The zero-order valence-corrected chi connectivity index (χ0v) is 17.1. The molecular weight excluding hydrogens is 393 g/mol. The molecule has 2 N–H and O–H groups in total. The van der Waals surface area contributed by atoms with Crippen molar-refractivity contribution in [1.29, 1.82) is 0 Å². The van der Waals surface area contributed by atoms with E-state index in [1.54, 1.807) is 0 Å². The average Bonchev–Trinajstić information content (AvgIpc) is 2.74. The second-order valence-corrected chi connectivity index (χ2v) is 8.17. The normalized spacial score (nSPS) is 20.1. The average molecular weight is 420 g/mol. The largest absolute Gasteiger partial charge is 0.507 e. The van der Waals surface area contributed by atoms with Crippen LogP contribution in [0.15, 0.2) is 18.2 Å². The first-order valence-electron chi connectivity index (χ1n) is 10.6. The van der Waals surface area contributed by atoms with Crippen LogP contribution >= 0.6 is 0 Å². The molecule has 1 aliphatic heterocycles. The minimum Gasteiger partial charge on any atom is -0.507 e. The van der Waals surface area contributed by atoms with Crippen molar-refractivity contribution in [1.82, 2.24) is 15.1 Å². The molecule has 0 saturated carbocycles. The smallest absolute Gasteiger partial charge is 0.416 e. The van der Waals surface area contributed by atoms with E-state index in [4.69, 9.17) is 0 Å². The van der Waals surface area contributed by atoms with Crippen molar-refractivity contribution in [3.8, 4) is 17.0 Å². The van der Waals surface area contributed by atoms with E-state index in [0.29, 0.717) is 17.3 Å². The standard InChI is InChI=1S/C22H27F3N4O/c1-2-29-11-5-6-15(13-29)26-21-17-8-4-3-7-16(17)20(27-28-21)18-10-9-14(12-19(18)30)22(23,24)25/h9-10,12,15,30H,2-8,11,13H2,1H3,(H,26,28)/t15-/m1/s1. The Morgan fingerprint density at radius 3 is 2.60 bits per heavy atom. The van der Waals surface area contributed by atoms with Gasteiger partial charge in [0.15, 0.2) is 5.82 Å². The number of nitrogens with zero attached hydrogens (tertiary/aromatic N) is 3. The molecular formula is C22H27F3N4O. The molecule has 1 aliphatic carbocycles. The van der Waals surface area contributed by atoms with Gasteiger partial charge < -0.3 is 15.3 Å². The number of fused-ring (bicyclic) bond motifs is 1. The van der Waals surface area contributed by atoms with E-state index in [0.717, 1.165) is 87.2 Å². The molecule has 1 aromatic heterocycles. The number of benzene rings is 1. The van der Waals surface area contributed by atoms with Crippen LogP contribution in [0.5, 0.6) is 5.75 Å². The third kappa shape index (κ3) is 4.24. The molecule has 0 spiro atoms. The lowest BCUT2D eigenvalue weighted by Crippen LogP contribution is -2.42. The van der Waals surface area contributed by atoms with Crippen LogP contribution in [-0.2, 0) is 19.0 Å². The second kappa shape index (κ2) is 8.41. The number of phenolic OH excluding ortho intramolecular Hbond substituents is 1. The lowest BCUT2D eigenvalue weighted by molar-refractivity contribution is -0.137. The SMILES string of the molecule is CCN1CCC[C@@H](Nc2nnc(-c3ccc(C(F)(F)F)cc3O)c3c2CCCC3)C1. The van der Waals surface area contributed by atoms with Crippen molar-refractivity contribution >= 4 is 5.82 Å². The van der Waals surface area contributed by atoms with Gasteiger partial charge in [0, 0.05) is 23.7 Å². The number of piperidine rings is 1. The van der Waals surface area contributed by atoms with Crippen molar-refractivity contribution in [2.75, 3.05) is 25.0 Å². The van der Waals surface area contributed by atoms with E-state index in [1.807, 2.05) is 0 Å². The quantitative estimate of drug-likeness (QED) is 0.754. The number of rotatable bonds is 4. The van der Waals surface area contributed by atoms with Gasteiger partial charge in [0.05, 0.1) is 5.56 Å². The van der Waals surface area contributed by atoms with Gasteiger partial charge in [-0.1, -0.05) is 6.92 Å². The summed E-state index contributed by atoms with van der Waals surface area (Å²) < 4.78 is 38.9. The number of alkyl halides is 3. The fourth-order valence-corrected chi connectivity index (χ4v) is 4.54. The van der Waals surface area contributed by atoms with E-state index in [1.165, 1.54) is 6.07 Å². The second-order valence-electron chi connectivity index (χ2n) is 8.17. The Morgan fingerprint density at radius 2 is 1.90 bits per heavy atom. The maximum absolute atomic E-state index is 13.0. The third-order valence-corrected chi connectivity index (χ3v) is 6.16. The van der Waals surface area contributed by atoms with Crippen molar-refractivity contribution in [2.45, 2.75) is 57.7 Å². The van der Waals surface area contributed by atoms with Crippen LogP contribution in [0, 0.1) is 0 Å².